The van der Waals surface area contributed by atoms with Crippen molar-refractivity contribution in [1.29, 1.82) is 5.26 Å². The van der Waals surface area contributed by atoms with Crippen LogP contribution in [0.4, 0.5) is 5.69 Å². The highest BCUT2D eigenvalue weighted by Gasteiger charge is 2.22. The molecular weight excluding hydrogens is 378 g/mol. The van der Waals surface area contributed by atoms with E-state index < -0.39 is 0 Å². The molecule has 0 aromatic heterocycles. The van der Waals surface area contributed by atoms with Gasteiger partial charge in [-0.25, -0.2) is 0 Å². The predicted molar refractivity (Wildman–Crippen MR) is 116 cm³/mol. The van der Waals surface area contributed by atoms with E-state index in [0.717, 1.165) is 6.54 Å². The Hall–Kier alpha value is -3.33. The SMILES string of the molecule is COc1cc(NC(=O)c2ccc(C#N)cc2)ccc1C(=O)N(C)CC1CCCCC1. The number of amides is 2. The van der Waals surface area contributed by atoms with Gasteiger partial charge in [0.2, 0.25) is 0 Å². The van der Waals surface area contributed by atoms with Gasteiger partial charge in [0.15, 0.2) is 0 Å². The van der Waals surface area contributed by atoms with Crippen molar-refractivity contribution in [3.8, 4) is 11.8 Å². The minimum absolute atomic E-state index is 0.0811. The van der Waals surface area contributed by atoms with E-state index in [4.69, 9.17) is 10.00 Å². The molecule has 30 heavy (non-hydrogen) atoms. The molecule has 0 atom stereocenters. The smallest absolute Gasteiger partial charge is 0.257 e. The molecule has 1 aliphatic carbocycles. The van der Waals surface area contributed by atoms with Crippen LogP contribution in [0.1, 0.15) is 58.4 Å². The van der Waals surface area contributed by atoms with Gasteiger partial charge in [0, 0.05) is 30.9 Å². The normalized spacial score (nSPS) is 13.9. The molecule has 6 nitrogen and oxygen atoms in total. The second-order valence-electron chi connectivity index (χ2n) is 7.75. The van der Waals surface area contributed by atoms with E-state index in [-0.39, 0.29) is 11.8 Å². The maximum atomic E-state index is 12.9. The van der Waals surface area contributed by atoms with E-state index in [9.17, 15) is 9.59 Å². The number of anilines is 1. The third-order valence-electron chi connectivity index (χ3n) is 5.57. The molecule has 0 spiro atoms. The summed E-state index contributed by atoms with van der Waals surface area (Å²) in [5, 5.41) is 11.7. The van der Waals surface area contributed by atoms with E-state index in [1.165, 1.54) is 39.2 Å². The van der Waals surface area contributed by atoms with Crippen molar-refractivity contribution in [2.24, 2.45) is 5.92 Å². The summed E-state index contributed by atoms with van der Waals surface area (Å²) >= 11 is 0. The largest absolute Gasteiger partial charge is 0.496 e. The van der Waals surface area contributed by atoms with Gasteiger partial charge in [-0.1, -0.05) is 19.3 Å². The number of rotatable bonds is 6. The quantitative estimate of drug-likeness (QED) is 0.769. The second-order valence-corrected chi connectivity index (χ2v) is 7.75. The standard InChI is InChI=1S/C24H27N3O3/c1-27(16-18-6-4-3-5-7-18)24(29)21-13-12-20(14-22(21)30-2)26-23(28)19-10-8-17(15-25)9-11-19/h8-14,18H,3-7,16H2,1-2H3,(H,26,28). The molecule has 1 saturated carbocycles. The summed E-state index contributed by atoms with van der Waals surface area (Å²) in [5.74, 6) is 0.607. The Bertz CT molecular complexity index is 941. The number of ether oxygens (including phenoxy) is 1. The fourth-order valence-electron chi connectivity index (χ4n) is 3.89. The topological polar surface area (TPSA) is 82.4 Å². The number of hydrogen-bond donors (Lipinski definition) is 1. The lowest BCUT2D eigenvalue weighted by Gasteiger charge is -2.27. The summed E-state index contributed by atoms with van der Waals surface area (Å²) in [6, 6.07) is 13.5. The van der Waals surface area contributed by atoms with Crippen LogP contribution >= 0.6 is 0 Å². The van der Waals surface area contributed by atoms with Gasteiger partial charge in [-0.3, -0.25) is 9.59 Å². The highest BCUT2D eigenvalue weighted by Crippen LogP contribution is 2.27. The molecule has 0 radical (unpaired) electrons. The van der Waals surface area contributed by atoms with Crippen molar-refractivity contribution in [2.45, 2.75) is 32.1 Å². The summed E-state index contributed by atoms with van der Waals surface area (Å²) in [6.07, 6.45) is 6.12. The number of benzene rings is 2. The minimum atomic E-state index is -0.296. The van der Waals surface area contributed by atoms with Gasteiger partial charge in [-0.2, -0.15) is 5.26 Å². The van der Waals surface area contributed by atoms with Crippen LogP contribution in [-0.4, -0.2) is 37.4 Å². The van der Waals surface area contributed by atoms with Gasteiger partial charge in [0.1, 0.15) is 5.75 Å². The average Bonchev–Trinajstić information content (AvgIpc) is 2.79. The first-order chi connectivity index (χ1) is 14.5. The van der Waals surface area contributed by atoms with E-state index in [1.807, 2.05) is 13.1 Å². The Morgan fingerprint density at radius 2 is 1.83 bits per heavy atom. The summed E-state index contributed by atoms with van der Waals surface area (Å²) in [6.45, 7) is 0.749. The number of nitriles is 1. The van der Waals surface area contributed by atoms with Crippen LogP contribution in [-0.2, 0) is 0 Å². The number of carbonyl (C=O) groups excluding carboxylic acids is 2. The Kier molecular flexibility index (Phi) is 7.08. The van der Waals surface area contributed by atoms with Gasteiger partial charge in [-0.15, -0.1) is 0 Å². The van der Waals surface area contributed by atoms with Gasteiger partial charge < -0.3 is 15.0 Å². The Morgan fingerprint density at radius 3 is 2.47 bits per heavy atom. The zero-order valence-corrected chi connectivity index (χ0v) is 17.5. The fraction of sp³-hybridized carbons (Fsp3) is 0.375. The third kappa shape index (κ3) is 5.18. The Balaban J connectivity index is 1.69. The lowest BCUT2D eigenvalue weighted by atomic mass is 9.89. The first-order valence-electron chi connectivity index (χ1n) is 10.3. The van der Waals surface area contributed by atoms with E-state index in [1.54, 1.807) is 47.4 Å². The molecular formula is C24H27N3O3. The third-order valence-corrected chi connectivity index (χ3v) is 5.57. The van der Waals surface area contributed by atoms with Crippen LogP contribution < -0.4 is 10.1 Å². The Labute approximate surface area is 177 Å². The van der Waals surface area contributed by atoms with Crippen LogP contribution in [0.3, 0.4) is 0 Å². The monoisotopic (exact) mass is 405 g/mol. The molecule has 2 amide bonds. The van der Waals surface area contributed by atoms with Crippen molar-refractivity contribution in [3.05, 3.63) is 59.2 Å². The van der Waals surface area contributed by atoms with E-state index >= 15 is 0 Å². The van der Waals surface area contributed by atoms with Gasteiger partial charge in [0.25, 0.3) is 11.8 Å². The van der Waals surface area contributed by atoms with Crippen LogP contribution in [0.25, 0.3) is 0 Å². The molecule has 1 N–H and O–H groups in total. The van der Waals surface area contributed by atoms with Gasteiger partial charge >= 0.3 is 0 Å². The molecule has 1 fully saturated rings. The number of carbonyl (C=O) groups is 2. The highest BCUT2D eigenvalue weighted by atomic mass is 16.5. The van der Waals surface area contributed by atoms with Gasteiger partial charge in [0.05, 0.1) is 24.3 Å². The second kappa shape index (κ2) is 9.93. The molecule has 0 heterocycles. The minimum Gasteiger partial charge on any atom is -0.496 e. The number of nitrogens with one attached hydrogen (secondary N) is 1. The molecule has 0 bridgehead atoms. The molecule has 0 saturated heterocycles. The van der Waals surface area contributed by atoms with Crippen molar-refractivity contribution in [3.63, 3.8) is 0 Å². The van der Waals surface area contributed by atoms with Crippen LogP contribution in [0.2, 0.25) is 0 Å². The summed E-state index contributed by atoms with van der Waals surface area (Å²) in [4.78, 5) is 27.2. The van der Waals surface area contributed by atoms with Crippen molar-refractivity contribution in [2.75, 3.05) is 26.0 Å². The maximum Gasteiger partial charge on any atom is 0.257 e. The lowest BCUT2D eigenvalue weighted by molar-refractivity contribution is 0.0757. The summed E-state index contributed by atoms with van der Waals surface area (Å²) in [5.41, 5.74) is 1.95. The van der Waals surface area contributed by atoms with Gasteiger partial charge in [-0.05, 0) is 55.2 Å². The zero-order valence-electron chi connectivity index (χ0n) is 17.5. The molecule has 3 rings (SSSR count). The van der Waals surface area contributed by atoms with E-state index in [0.29, 0.717) is 34.0 Å². The molecule has 0 aliphatic heterocycles. The van der Waals surface area contributed by atoms with E-state index in [2.05, 4.69) is 5.32 Å². The highest BCUT2D eigenvalue weighted by molar-refractivity contribution is 6.05. The van der Waals surface area contributed by atoms with Crippen molar-refractivity contribution in [1.82, 2.24) is 4.90 Å². The zero-order chi connectivity index (χ0) is 21.5. The molecule has 2 aromatic carbocycles. The maximum absolute atomic E-state index is 12.9. The number of methoxy groups -OCH3 is 1. The van der Waals surface area contributed by atoms with Crippen LogP contribution in [0.5, 0.6) is 5.75 Å². The fourth-order valence-corrected chi connectivity index (χ4v) is 3.89. The summed E-state index contributed by atoms with van der Waals surface area (Å²) in [7, 11) is 3.34. The summed E-state index contributed by atoms with van der Waals surface area (Å²) < 4.78 is 5.43. The molecule has 2 aromatic rings. The van der Waals surface area contributed by atoms with Crippen molar-refractivity contribution >= 4 is 17.5 Å². The average molecular weight is 405 g/mol. The number of hydrogen-bond acceptors (Lipinski definition) is 4. The molecule has 156 valence electrons. The molecule has 1 aliphatic rings. The Morgan fingerprint density at radius 1 is 1.13 bits per heavy atom. The number of nitrogens with zero attached hydrogens (tertiary/aromatic N) is 2. The first kappa shape index (κ1) is 21.4. The molecule has 0 unspecified atom stereocenters. The first-order valence-corrected chi connectivity index (χ1v) is 10.3. The lowest BCUT2D eigenvalue weighted by Crippen LogP contribution is -2.32. The van der Waals surface area contributed by atoms with Crippen LogP contribution in [0.15, 0.2) is 42.5 Å². The molecule has 6 heteroatoms. The van der Waals surface area contributed by atoms with Crippen LogP contribution in [0, 0.1) is 17.2 Å². The predicted octanol–water partition coefficient (Wildman–Crippen LogP) is 4.47. The van der Waals surface area contributed by atoms with Crippen molar-refractivity contribution < 1.29 is 14.3 Å².